The normalized spacial score (nSPS) is 12.4. The third-order valence-electron chi connectivity index (χ3n) is 5.38. The molecule has 1 aliphatic rings. The molecule has 12 heteroatoms. The molecule has 0 unspecified atom stereocenters. The van der Waals surface area contributed by atoms with Crippen molar-refractivity contribution in [1.29, 1.82) is 0 Å². The van der Waals surface area contributed by atoms with Gasteiger partial charge in [-0.15, -0.1) is 5.10 Å². The van der Waals surface area contributed by atoms with Gasteiger partial charge < -0.3 is 9.64 Å². The summed E-state index contributed by atoms with van der Waals surface area (Å²) in [6.45, 7) is 2.56. The first kappa shape index (κ1) is 22.8. The fourth-order valence-electron chi connectivity index (χ4n) is 3.73. The Kier molecular flexibility index (Phi) is 6.10. The van der Waals surface area contributed by atoms with Gasteiger partial charge in [0, 0.05) is 29.2 Å². The maximum absolute atomic E-state index is 13.2. The van der Waals surface area contributed by atoms with Gasteiger partial charge in [0.15, 0.2) is 10.8 Å². The van der Waals surface area contributed by atoms with Crippen molar-refractivity contribution in [1.82, 2.24) is 30.0 Å². The third-order valence-corrected chi connectivity index (χ3v) is 6.59. The Labute approximate surface area is 209 Å². The Morgan fingerprint density at radius 3 is 2.77 bits per heavy atom. The number of aromatic nitrogens is 5. The maximum Gasteiger partial charge on any atom is 0.275 e. The number of nitrogens with one attached hydrogen (secondary N) is 1. The zero-order chi connectivity index (χ0) is 24.5. The van der Waals surface area contributed by atoms with Gasteiger partial charge in [-0.3, -0.25) is 19.9 Å². The molecule has 4 aromatic heterocycles. The number of aryl methyl sites for hydroxylation is 1. The van der Waals surface area contributed by atoms with Crippen LogP contribution in [0.25, 0.3) is 11.1 Å². The van der Waals surface area contributed by atoms with Crippen LogP contribution in [0.1, 0.15) is 37.1 Å². The number of pyridine rings is 2. The first-order valence-electron chi connectivity index (χ1n) is 10.5. The molecule has 5 rings (SSSR count). The molecule has 176 valence electrons. The zero-order valence-corrected chi connectivity index (χ0v) is 20.2. The number of amides is 2. The SMILES string of the molecule is COc1cnc(Cl)cc1-c1cc(C)ncc1C(=O)Nc1nc2c(s1)CN(C(=O)c1cccnn1)C2. The van der Waals surface area contributed by atoms with Crippen LogP contribution in [0.15, 0.2) is 42.9 Å². The smallest absolute Gasteiger partial charge is 0.275 e. The minimum Gasteiger partial charge on any atom is -0.494 e. The van der Waals surface area contributed by atoms with E-state index in [9.17, 15) is 9.59 Å². The molecule has 1 N–H and O–H groups in total. The molecule has 0 radical (unpaired) electrons. The summed E-state index contributed by atoms with van der Waals surface area (Å²) >= 11 is 7.44. The lowest BCUT2D eigenvalue weighted by atomic mass is 10.0. The lowest BCUT2D eigenvalue weighted by molar-refractivity contribution is 0.0743. The van der Waals surface area contributed by atoms with Gasteiger partial charge in [0.25, 0.3) is 11.8 Å². The van der Waals surface area contributed by atoms with E-state index >= 15 is 0 Å². The quantitative estimate of drug-likeness (QED) is 0.405. The second-order valence-corrected chi connectivity index (χ2v) is 9.16. The molecule has 2 amide bonds. The molecule has 0 saturated carbocycles. The molecule has 1 aliphatic heterocycles. The largest absolute Gasteiger partial charge is 0.494 e. The number of thiazole rings is 1. The average Bonchev–Trinajstić information content (AvgIpc) is 3.42. The van der Waals surface area contributed by atoms with Gasteiger partial charge in [-0.1, -0.05) is 22.9 Å². The number of anilines is 1. The molecule has 0 aromatic carbocycles. The van der Waals surface area contributed by atoms with E-state index in [1.807, 2.05) is 6.92 Å². The summed E-state index contributed by atoms with van der Waals surface area (Å²) in [7, 11) is 1.53. The summed E-state index contributed by atoms with van der Waals surface area (Å²) in [6, 6.07) is 6.73. The average molecular weight is 508 g/mol. The Morgan fingerprint density at radius 2 is 2.03 bits per heavy atom. The summed E-state index contributed by atoms with van der Waals surface area (Å²) in [5.41, 5.74) is 3.33. The second kappa shape index (κ2) is 9.35. The molecule has 10 nitrogen and oxygen atoms in total. The molecular weight excluding hydrogens is 490 g/mol. The summed E-state index contributed by atoms with van der Waals surface area (Å²) in [5.74, 6) is -0.105. The van der Waals surface area contributed by atoms with E-state index in [0.717, 1.165) is 16.3 Å². The Hall–Kier alpha value is -3.96. The number of rotatable bonds is 5. The Bertz CT molecular complexity index is 1420. The highest BCUT2D eigenvalue weighted by molar-refractivity contribution is 7.16. The predicted molar refractivity (Wildman–Crippen MR) is 129 cm³/mol. The molecule has 0 atom stereocenters. The van der Waals surface area contributed by atoms with Crippen molar-refractivity contribution in [3.8, 4) is 16.9 Å². The molecule has 0 bridgehead atoms. The highest BCUT2D eigenvalue weighted by atomic mass is 35.5. The molecule has 35 heavy (non-hydrogen) atoms. The van der Waals surface area contributed by atoms with Crippen LogP contribution in [0.4, 0.5) is 5.13 Å². The van der Waals surface area contributed by atoms with Crippen LogP contribution < -0.4 is 10.1 Å². The van der Waals surface area contributed by atoms with Gasteiger partial charge >= 0.3 is 0 Å². The molecule has 0 aliphatic carbocycles. The van der Waals surface area contributed by atoms with Gasteiger partial charge in [-0.2, -0.15) is 5.10 Å². The van der Waals surface area contributed by atoms with E-state index in [1.165, 1.54) is 37.0 Å². The van der Waals surface area contributed by atoms with E-state index in [4.69, 9.17) is 16.3 Å². The number of carbonyl (C=O) groups excluding carboxylic acids is 2. The van der Waals surface area contributed by atoms with Crippen LogP contribution in [0.2, 0.25) is 5.15 Å². The summed E-state index contributed by atoms with van der Waals surface area (Å²) in [6.07, 6.45) is 4.54. The summed E-state index contributed by atoms with van der Waals surface area (Å²) < 4.78 is 5.43. The minimum absolute atomic E-state index is 0.214. The van der Waals surface area contributed by atoms with E-state index in [1.54, 1.807) is 29.2 Å². The first-order chi connectivity index (χ1) is 16.9. The highest BCUT2D eigenvalue weighted by Gasteiger charge is 2.29. The number of carbonyl (C=O) groups is 2. The monoisotopic (exact) mass is 507 g/mol. The second-order valence-electron chi connectivity index (χ2n) is 7.69. The number of halogens is 1. The van der Waals surface area contributed by atoms with Crippen LogP contribution in [0.5, 0.6) is 5.75 Å². The molecule has 4 aromatic rings. The summed E-state index contributed by atoms with van der Waals surface area (Å²) in [4.78, 5) is 41.3. The Balaban J connectivity index is 1.37. The van der Waals surface area contributed by atoms with E-state index in [0.29, 0.717) is 40.7 Å². The van der Waals surface area contributed by atoms with Crippen LogP contribution in [0, 0.1) is 6.92 Å². The van der Waals surface area contributed by atoms with Crippen molar-refractivity contribution in [2.75, 3.05) is 12.4 Å². The van der Waals surface area contributed by atoms with Gasteiger partial charge in [-0.05, 0) is 31.2 Å². The van der Waals surface area contributed by atoms with E-state index in [2.05, 4.69) is 30.5 Å². The van der Waals surface area contributed by atoms with Crippen LogP contribution in [-0.2, 0) is 13.1 Å². The van der Waals surface area contributed by atoms with E-state index < -0.39 is 0 Å². The fourth-order valence-corrected chi connectivity index (χ4v) is 4.87. The van der Waals surface area contributed by atoms with Crippen LogP contribution in [-0.4, -0.2) is 49.0 Å². The maximum atomic E-state index is 13.2. The van der Waals surface area contributed by atoms with E-state index in [-0.39, 0.29) is 22.7 Å². The predicted octanol–water partition coefficient (Wildman–Crippen LogP) is 3.77. The molecular formula is C23H18ClN7O3S. The molecule has 0 fully saturated rings. The number of hydrogen-bond donors (Lipinski definition) is 1. The van der Waals surface area contributed by atoms with Crippen molar-refractivity contribution in [3.63, 3.8) is 0 Å². The van der Waals surface area contributed by atoms with Crippen LogP contribution in [0.3, 0.4) is 0 Å². The number of methoxy groups -OCH3 is 1. The Morgan fingerprint density at radius 1 is 1.17 bits per heavy atom. The number of ether oxygens (including phenoxy) is 1. The number of nitrogens with zero attached hydrogens (tertiary/aromatic N) is 6. The molecule has 5 heterocycles. The standard InChI is InChI=1S/C23H18ClN7O3S/c1-12-6-13(14-7-20(24)26-9-18(14)34-2)15(8-25-12)21(32)29-23-28-17-10-31(11-19(17)35-23)22(33)16-4-3-5-27-30-16/h3-9H,10-11H2,1-2H3,(H,28,29,32). The zero-order valence-electron chi connectivity index (χ0n) is 18.6. The van der Waals surface area contributed by atoms with Gasteiger partial charge in [-0.25, -0.2) is 9.97 Å². The van der Waals surface area contributed by atoms with Crippen LogP contribution >= 0.6 is 22.9 Å². The highest BCUT2D eigenvalue weighted by Crippen LogP contribution is 2.35. The lowest BCUT2D eigenvalue weighted by Crippen LogP contribution is -2.26. The minimum atomic E-state index is -0.373. The van der Waals surface area contributed by atoms with Crippen molar-refractivity contribution in [2.24, 2.45) is 0 Å². The third kappa shape index (κ3) is 4.55. The van der Waals surface area contributed by atoms with Gasteiger partial charge in [0.05, 0.1) is 42.5 Å². The summed E-state index contributed by atoms with van der Waals surface area (Å²) in [5, 5.41) is 11.2. The van der Waals surface area contributed by atoms with Gasteiger partial charge in [0.2, 0.25) is 0 Å². The number of fused-ring (bicyclic) bond motifs is 1. The topological polar surface area (TPSA) is 123 Å². The molecule has 0 spiro atoms. The van der Waals surface area contributed by atoms with Gasteiger partial charge in [0.1, 0.15) is 10.9 Å². The fraction of sp³-hybridized carbons (Fsp3) is 0.174. The number of hydrogen-bond acceptors (Lipinski definition) is 9. The van der Waals surface area contributed by atoms with Crippen molar-refractivity contribution in [3.05, 3.63) is 75.5 Å². The van der Waals surface area contributed by atoms with Crippen molar-refractivity contribution in [2.45, 2.75) is 20.0 Å². The first-order valence-corrected chi connectivity index (χ1v) is 11.7. The van der Waals surface area contributed by atoms with Crippen molar-refractivity contribution < 1.29 is 14.3 Å². The lowest BCUT2D eigenvalue weighted by Gasteiger charge is -2.14. The molecule has 0 saturated heterocycles. The van der Waals surface area contributed by atoms with Crippen molar-refractivity contribution >= 4 is 39.9 Å².